The third kappa shape index (κ3) is 1.63. The summed E-state index contributed by atoms with van der Waals surface area (Å²) in [6.45, 7) is 1.10. The highest BCUT2D eigenvalue weighted by molar-refractivity contribution is 9.09. The maximum atomic E-state index is 10.5. The van der Waals surface area contributed by atoms with Gasteiger partial charge in [0, 0.05) is 0 Å². The number of rotatable bonds is 2. The Kier molecular flexibility index (Phi) is 2.70. The summed E-state index contributed by atoms with van der Waals surface area (Å²) in [7, 11) is 1.18. The molecular formula is C3H6BrN3O3. The van der Waals surface area contributed by atoms with Gasteiger partial charge in [-0.15, -0.1) is 0 Å². The van der Waals surface area contributed by atoms with E-state index in [9.17, 15) is 15.3 Å². The van der Waals surface area contributed by atoms with E-state index >= 15 is 0 Å². The molecule has 0 heterocycles. The third-order valence-corrected chi connectivity index (χ3v) is 1.46. The minimum atomic E-state index is -1.85. The Hall–Kier alpha value is -0.720. The number of hydroxylamine groups is 1. The molecule has 0 amide bonds. The molecule has 0 fully saturated rings. The first kappa shape index (κ1) is 9.28. The molecule has 0 aromatic carbocycles. The highest BCUT2D eigenvalue weighted by Gasteiger charge is 2.44. The topological polar surface area (TPSA) is 81.6 Å². The molecule has 0 aromatic heterocycles. The van der Waals surface area contributed by atoms with Gasteiger partial charge in [0.1, 0.15) is 4.92 Å². The highest BCUT2D eigenvalue weighted by Crippen LogP contribution is 2.18. The lowest BCUT2D eigenvalue weighted by molar-refractivity contribution is -0.773. The van der Waals surface area contributed by atoms with Gasteiger partial charge >= 0.3 is 4.57 Å². The van der Waals surface area contributed by atoms with Crippen molar-refractivity contribution in [3.63, 3.8) is 0 Å². The Morgan fingerprint density at radius 1 is 1.60 bits per heavy atom. The van der Waals surface area contributed by atoms with Crippen LogP contribution < -0.4 is 0 Å². The van der Waals surface area contributed by atoms with Crippen LogP contribution in [0.5, 0.6) is 0 Å². The normalized spacial score (nSPS) is 18.1. The molecule has 7 heteroatoms. The molecule has 0 aliphatic rings. The lowest BCUT2D eigenvalue weighted by Gasteiger charge is -2.08. The molecule has 0 bridgehead atoms. The van der Waals surface area contributed by atoms with Crippen LogP contribution in [0.3, 0.4) is 0 Å². The van der Waals surface area contributed by atoms with E-state index in [1.54, 1.807) is 0 Å². The van der Waals surface area contributed by atoms with Crippen LogP contribution in [0.15, 0.2) is 5.11 Å². The standard InChI is InChI=1S/C3H6BrN3O3/c1-3(4,7(9)10)6(8)5-2/h1-2H3. The van der Waals surface area contributed by atoms with E-state index in [0.717, 1.165) is 6.92 Å². The molecule has 0 saturated heterocycles. The zero-order valence-electron chi connectivity index (χ0n) is 5.44. The van der Waals surface area contributed by atoms with E-state index in [0.29, 0.717) is 0 Å². The summed E-state index contributed by atoms with van der Waals surface area (Å²) >= 11 is 2.59. The molecule has 0 aromatic rings. The van der Waals surface area contributed by atoms with Crippen molar-refractivity contribution in [2.75, 3.05) is 7.05 Å². The summed E-state index contributed by atoms with van der Waals surface area (Å²) in [4.78, 5) is 9.29. The summed E-state index contributed by atoms with van der Waals surface area (Å²) in [6.07, 6.45) is 0. The van der Waals surface area contributed by atoms with Crippen LogP contribution in [0, 0.1) is 15.3 Å². The molecule has 58 valence electrons. The smallest absolute Gasteiger partial charge is 0.488 e. The maximum absolute atomic E-state index is 10.5. The molecule has 0 saturated carbocycles. The first-order valence-corrected chi connectivity index (χ1v) is 3.12. The lowest BCUT2D eigenvalue weighted by Crippen LogP contribution is -2.36. The maximum Gasteiger partial charge on any atom is 0.488 e. The fraction of sp³-hybridized carbons (Fsp3) is 1.00. The van der Waals surface area contributed by atoms with E-state index in [-0.39, 0.29) is 4.86 Å². The number of hydrogen-bond donors (Lipinski definition) is 0. The fourth-order valence-electron chi connectivity index (χ4n) is 0.252. The van der Waals surface area contributed by atoms with Crippen molar-refractivity contribution in [1.82, 2.24) is 0 Å². The van der Waals surface area contributed by atoms with Crippen LogP contribution >= 0.6 is 15.9 Å². The molecule has 0 aliphatic heterocycles. The van der Waals surface area contributed by atoms with Crippen molar-refractivity contribution in [1.29, 1.82) is 0 Å². The third-order valence-electron chi connectivity index (χ3n) is 0.864. The molecule has 6 nitrogen and oxygen atoms in total. The molecule has 0 radical (unpaired) electrons. The Balaban J connectivity index is 4.56. The van der Waals surface area contributed by atoms with Crippen molar-refractivity contribution >= 4 is 15.9 Å². The van der Waals surface area contributed by atoms with E-state index in [1.165, 1.54) is 7.05 Å². The van der Waals surface area contributed by atoms with Crippen molar-refractivity contribution in [2.45, 2.75) is 11.5 Å². The van der Waals surface area contributed by atoms with Crippen LogP contribution in [0.2, 0.25) is 0 Å². The molecule has 1 unspecified atom stereocenters. The highest BCUT2D eigenvalue weighted by atomic mass is 79.9. The predicted octanol–water partition coefficient (Wildman–Crippen LogP) is 0.924. The first-order valence-electron chi connectivity index (χ1n) is 2.33. The van der Waals surface area contributed by atoms with Gasteiger partial charge in [0.15, 0.2) is 0 Å². The Morgan fingerprint density at radius 3 is 2.10 bits per heavy atom. The SMILES string of the molecule is CN=[N+]([O-])C(C)(Br)[N+](=O)[O-]. The van der Waals surface area contributed by atoms with Gasteiger partial charge in [0.05, 0.1) is 29.9 Å². The van der Waals surface area contributed by atoms with E-state index in [1.807, 2.05) is 0 Å². The minimum Gasteiger partial charge on any atom is -0.594 e. The largest absolute Gasteiger partial charge is 0.594 e. The summed E-state index contributed by atoms with van der Waals surface area (Å²) in [6, 6.07) is 0. The second kappa shape index (κ2) is 2.91. The number of halogens is 1. The number of azo groups is 1. The minimum absolute atomic E-state index is 0.0208. The van der Waals surface area contributed by atoms with Crippen molar-refractivity contribution in [3.8, 4) is 0 Å². The van der Waals surface area contributed by atoms with Gasteiger partial charge < -0.3 is 5.21 Å². The summed E-state index contributed by atoms with van der Waals surface area (Å²) < 4.78 is -1.85. The number of nitrogens with zero attached hydrogens (tertiary/aromatic N) is 3. The number of hydrogen-bond acceptors (Lipinski definition) is 4. The second-order valence-corrected chi connectivity index (χ2v) is 3.14. The summed E-state index contributed by atoms with van der Waals surface area (Å²) in [5, 5.41) is 23.7. The molecule has 0 rings (SSSR count). The average Bonchev–Trinajstić information content (AvgIpc) is 1.86. The second-order valence-electron chi connectivity index (χ2n) is 1.64. The van der Waals surface area contributed by atoms with E-state index in [4.69, 9.17) is 0 Å². The van der Waals surface area contributed by atoms with E-state index in [2.05, 4.69) is 21.0 Å². The van der Waals surface area contributed by atoms with Crippen LogP contribution in [0.1, 0.15) is 6.92 Å². The number of alkyl halides is 1. The van der Waals surface area contributed by atoms with Crippen LogP contribution in [0.25, 0.3) is 0 Å². The monoisotopic (exact) mass is 211 g/mol. The molecule has 1 atom stereocenters. The van der Waals surface area contributed by atoms with Crippen LogP contribution in [0.4, 0.5) is 0 Å². The zero-order valence-corrected chi connectivity index (χ0v) is 7.03. The average molecular weight is 212 g/mol. The molecular weight excluding hydrogens is 206 g/mol. The molecule has 0 spiro atoms. The Morgan fingerprint density at radius 2 is 2.00 bits per heavy atom. The quantitative estimate of drug-likeness (QED) is 0.130. The van der Waals surface area contributed by atoms with Gasteiger partial charge in [0.25, 0.3) is 0 Å². The first-order chi connectivity index (χ1) is 4.42. The summed E-state index contributed by atoms with van der Waals surface area (Å²) in [5.41, 5.74) is 0. The van der Waals surface area contributed by atoms with Crippen molar-refractivity contribution in [2.24, 2.45) is 5.11 Å². The van der Waals surface area contributed by atoms with E-state index < -0.39 is 9.50 Å². The van der Waals surface area contributed by atoms with Gasteiger partial charge in [-0.1, -0.05) is 0 Å². The predicted molar refractivity (Wildman–Crippen MR) is 36.3 cm³/mol. The van der Waals surface area contributed by atoms with Crippen molar-refractivity contribution in [3.05, 3.63) is 15.3 Å². The molecule has 0 N–H and O–H groups in total. The fourth-order valence-corrected chi connectivity index (χ4v) is 0.411. The summed E-state index contributed by atoms with van der Waals surface area (Å²) in [5.74, 6) is 0. The van der Waals surface area contributed by atoms with Crippen molar-refractivity contribution < 1.29 is 9.78 Å². The molecule has 0 aliphatic carbocycles. The molecule has 10 heavy (non-hydrogen) atoms. The van der Waals surface area contributed by atoms with Gasteiger partial charge in [-0.05, 0) is 9.97 Å². The Bertz CT molecular complexity index is 178. The van der Waals surface area contributed by atoms with Crippen LogP contribution in [-0.4, -0.2) is 21.4 Å². The van der Waals surface area contributed by atoms with Crippen LogP contribution in [-0.2, 0) is 0 Å². The van der Waals surface area contributed by atoms with Gasteiger partial charge in [-0.3, -0.25) is 10.1 Å². The van der Waals surface area contributed by atoms with Gasteiger partial charge in [-0.25, -0.2) is 0 Å². The number of nitro groups is 1. The van der Waals surface area contributed by atoms with Gasteiger partial charge in [0.2, 0.25) is 0 Å². The van der Waals surface area contributed by atoms with Gasteiger partial charge in [-0.2, -0.15) is 0 Å². The zero-order chi connectivity index (χ0) is 8.36. The Labute approximate surface area is 65.4 Å². The lowest BCUT2D eigenvalue weighted by atomic mass is 10.6.